The number of hydrogen-bond donors (Lipinski definition) is 2. The third-order valence-corrected chi connectivity index (χ3v) is 6.32. The molecule has 0 aliphatic heterocycles. The molecule has 28 heavy (non-hydrogen) atoms. The minimum absolute atomic E-state index is 0.0595. The zero-order chi connectivity index (χ0) is 19.9. The van der Waals surface area contributed by atoms with Crippen LogP contribution in [0.3, 0.4) is 0 Å². The fraction of sp³-hybridized carbons (Fsp3) is 0.350. The molecule has 0 aliphatic carbocycles. The molecule has 0 spiro atoms. The van der Waals surface area contributed by atoms with Crippen molar-refractivity contribution in [2.24, 2.45) is 0 Å². The standard InChI is InChI=1S/C20H24N4O2S2/c1-4-14-8-6-9-15(5-2)17(14)22-19-23-24-20(28-19)27-13(3)18(25)21-12-16-10-7-11-26-16/h6-11,13H,4-5,12H2,1-3H3,(H,21,25)(H,22,23). The van der Waals surface area contributed by atoms with Crippen LogP contribution in [0.5, 0.6) is 0 Å². The van der Waals surface area contributed by atoms with Crippen LogP contribution in [-0.4, -0.2) is 21.4 Å². The topological polar surface area (TPSA) is 80.0 Å². The molecule has 2 aromatic heterocycles. The summed E-state index contributed by atoms with van der Waals surface area (Å²) in [5, 5.41) is 15.2. The molecule has 2 N–H and O–H groups in total. The molecule has 1 amide bonds. The van der Waals surface area contributed by atoms with E-state index in [2.05, 4.69) is 52.9 Å². The molecule has 3 rings (SSSR count). The summed E-state index contributed by atoms with van der Waals surface area (Å²) in [6.45, 7) is 6.53. The van der Waals surface area contributed by atoms with Gasteiger partial charge in [-0.25, -0.2) is 0 Å². The lowest BCUT2D eigenvalue weighted by Gasteiger charge is -2.13. The number of thioether (sulfide) groups is 1. The molecule has 0 radical (unpaired) electrons. The molecule has 1 unspecified atom stereocenters. The van der Waals surface area contributed by atoms with Gasteiger partial charge in [0.2, 0.25) is 11.0 Å². The number of para-hydroxylation sites is 1. The van der Waals surface area contributed by atoms with Crippen LogP contribution in [0.1, 0.15) is 37.7 Å². The summed E-state index contributed by atoms with van der Waals surface area (Å²) >= 11 is 2.86. The number of nitrogens with zero attached hydrogens (tertiary/aromatic N) is 2. The van der Waals surface area contributed by atoms with E-state index in [1.54, 1.807) is 12.3 Å². The normalized spacial score (nSPS) is 12.0. The van der Waals surface area contributed by atoms with Gasteiger partial charge in [0.25, 0.3) is 0 Å². The smallest absolute Gasteiger partial charge is 0.233 e. The van der Waals surface area contributed by atoms with Crippen molar-refractivity contribution >= 4 is 39.8 Å². The number of aromatic nitrogens is 2. The molecule has 0 saturated heterocycles. The minimum atomic E-state index is -0.273. The maximum atomic E-state index is 12.3. The molecule has 6 nitrogen and oxygen atoms in total. The molecule has 3 aromatic rings. The maximum Gasteiger partial charge on any atom is 0.233 e. The number of aryl methyl sites for hydroxylation is 2. The zero-order valence-corrected chi connectivity index (χ0v) is 17.8. The lowest BCUT2D eigenvalue weighted by Crippen LogP contribution is -2.30. The monoisotopic (exact) mass is 416 g/mol. The molecule has 1 atom stereocenters. The van der Waals surface area contributed by atoms with Crippen LogP contribution in [0, 0.1) is 0 Å². The molecule has 8 heteroatoms. The molecule has 148 valence electrons. The Kier molecular flexibility index (Phi) is 7.11. The third-order valence-electron chi connectivity index (χ3n) is 4.30. The largest absolute Gasteiger partial charge is 0.467 e. The molecule has 0 aliphatic rings. The average molecular weight is 417 g/mol. The second-order valence-electron chi connectivity index (χ2n) is 6.21. The summed E-state index contributed by atoms with van der Waals surface area (Å²) in [7, 11) is 0. The Morgan fingerprint density at radius 1 is 1.18 bits per heavy atom. The number of nitrogens with one attached hydrogen (secondary N) is 2. The van der Waals surface area contributed by atoms with Gasteiger partial charge in [-0.1, -0.05) is 55.1 Å². The average Bonchev–Trinajstić information content (AvgIpc) is 3.38. The van der Waals surface area contributed by atoms with Gasteiger partial charge in [0.1, 0.15) is 5.76 Å². The first kappa shape index (κ1) is 20.4. The van der Waals surface area contributed by atoms with E-state index in [1.165, 1.54) is 34.2 Å². The molecule has 0 bridgehead atoms. The van der Waals surface area contributed by atoms with Crippen LogP contribution in [0.25, 0.3) is 0 Å². The van der Waals surface area contributed by atoms with E-state index in [0.717, 1.165) is 33.8 Å². The van der Waals surface area contributed by atoms with Crippen LogP contribution in [-0.2, 0) is 24.2 Å². The SMILES string of the molecule is CCc1cccc(CC)c1Nc1nnc(SC(C)C(=O)NCc2ccco2)s1. The molecular formula is C20H24N4O2S2. The summed E-state index contributed by atoms with van der Waals surface area (Å²) in [4.78, 5) is 12.3. The number of hydrogen-bond acceptors (Lipinski definition) is 7. The van der Waals surface area contributed by atoms with Gasteiger partial charge in [0.05, 0.1) is 18.1 Å². The highest BCUT2D eigenvalue weighted by molar-refractivity contribution is 8.02. The Balaban J connectivity index is 1.60. The maximum absolute atomic E-state index is 12.3. The van der Waals surface area contributed by atoms with E-state index in [-0.39, 0.29) is 11.2 Å². The van der Waals surface area contributed by atoms with Crippen molar-refractivity contribution in [1.29, 1.82) is 0 Å². The van der Waals surface area contributed by atoms with Crippen LogP contribution >= 0.6 is 23.1 Å². The summed E-state index contributed by atoms with van der Waals surface area (Å²) < 4.78 is 5.99. The van der Waals surface area contributed by atoms with Crippen molar-refractivity contribution in [2.75, 3.05) is 5.32 Å². The summed E-state index contributed by atoms with van der Waals surface area (Å²) in [5.41, 5.74) is 3.63. The van der Waals surface area contributed by atoms with Crippen molar-refractivity contribution in [3.05, 3.63) is 53.5 Å². The van der Waals surface area contributed by atoms with E-state index in [4.69, 9.17) is 4.42 Å². The minimum Gasteiger partial charge on any atom is -0.467 e. The fourth-order valence-corrected chi connectivity index (χ4v) is 4.68. The van der Waals surface area contributed by atoms with Crippen molar-refractivity contribution in [2.45, 2.75) is 49.7 Å². The first-order chi connectivity index (χ1) is 13.6. The zero-order valence-electron chi connectivity index (χ0n) is 16.2. The van der Waals surface area contributed by atoms with Crippen LogP contribution < -0.4 is 10.6 Å². The summed E-state index contributed by atoms with van der Waals surface area (Å²) in [6, 6.07) is 9.98. The number of anilines is 2. The third kappa shape index (κ3) is 5.14. The second-order valence-corrected chi connectivity index (χ2v) is 8.78. The van der Waals surface area contributed by atoms with Gasteiger partial charge in [-0.2, -0.15) is 0 Å². The van der Waals surface area contributed by atoms with E-state index < -0.39 is 0 Å². The van der Waals surface area contributed by atoms with E-state index in [9.17, 15) is 4.79 Å². The van der Waals surface area contributed by atoms with Gasteiger partial charge in [-0.3, -0.25) is 4.79 Å². The van der Waals surface area contributed by atoms with E-state index in [1.807, 2.05) is 13.0 Å². The molecule has 2 heterocycles. The van der Waals surface area contributed by atoms with Gasteiger partial charge in [-0.15, -0.1) is 10.2 Å². The van der Waals surface area contributed by atoms with Crippen molar-refractivity contribution < 1.29 is 9.21 Å². The van der Waals surface area contributed by atoms with Crippen molar-refractivity contribution in [1.82, 2.24) is 15.5 Å². The Morgan fingerprint density at radius 3 is 2.57 bits per heavy atom. The number of rotatable bonds is 9. The fourth-order valence-electron chi connectivity index (χ4n) is 2.75. The van der Waals surface area contributed by atoms with E-state index >= 15 is 0 Å². The van der Waals surface area contributed by atoms with Gasteiger partial charge in [-0.05, 0) is 43.0 Å². The van der Waals surface area contributed by atoms with Crippen LogP contribution in [0.15, 0.2) is 45.4 Å². The molecule has 1 aromatic carbocycles. The molecule has 0 fully saturated rings. The molecular weight excluding hydrogens is 392 g/mol. The second kappa shape index (κ2) is 9.75. The number of carbonyl (C=O) groups excluding carboxylic acids is 1. The van der Waals surface area contributed by atoms with Crippen molar-refractivity contribution in [3.8, 4) is 0 Å². The lowest BCUT2D eigenvalue weighted by molar-refractivity contribution is -0.120. The summed E-state index contributed by atoms with van der Waals surface area (Å²) in [5.74, 6) is 0.671. The van der Waals surface area contributed by atoms with Gasteiger partial charge >= 0.3 is 0 Å². The lowest BCUT2D eigenvalue weighted by atomic mass is 10.0. The van der Waals surface area contributed by atoms with Crippen LogP contribution in [0.4, 0.5) is 10.8 Å². The number of amides is 1. The predicted molar refractivity (Wildman–Crippen MR) is 114 cm³/mol. The van der Waals surface area contributed by atoms with Crippen molar-refractivity contribution in [3.63, 3.8) is 0 Å². The quantitative estimate of drug-likeness (QED) is 0.488. The highest BCUT2D eigenvalue weighted by atomic mass is 32.2. The Labute approximate surface area is 173 Å². The Morgan fingerprint density at radius 2 is 1.93 bits per heavy atom. The summed E-state index contributed by atoms with van der Waals surface area (Å²) in [6.07, 6.45) is 3.49. The number of benzene rings is 1. The first-order valence-electron chi connectivity index (χ1n) is 9.28. The number of furan rings is 1. The van der Waals surface area contributed by atoms with Gasteiger partial charge in [0.15, 0.2) is 4.34 Å². The Hall–Kier alpha value is -2.32. The van der Waals surface area contributed by atoms with Gasteiger partial charge < -0.3 is 15.1 Å². The first-order valence-corrected chi connectivity index (χ1v) is 11.0. The van der Waals surface area contributed by atoms with Gasteiger partial charge in [0, 0.05) is 5.69 Å². The predicted octanol–water partition coefficient (Wildman–Crippen LogP) is 4.80. The van der Waals surface area contributed by atoms with Crippen LogP contribution in [0.2, 0.25) is 0 Å². The molecule has 0 saturated carbocycles. The highest BCUT2D eigenvalue weighted by Crippen LogP contribution is 2.32. The Bertz CT molecular complexity index is 887. The number of carbonyl (C=O) groups is 1. The van der Waals surface area contributed by atoms with E-state index in [0.29, 0.717) is 6.54 Å². The highest BCUT2D eigenvalue weighted by Gasteiger charge is 2.18.